The van der Waals surface area contributed by atoms with Gasteiger partial charge in [0, 0.05) is 27.7 Å². The maximum Gasteiger partial charge on any atom is 0.348 e. The molecular formula is C23H18Cl2N2O3S. The molecule has 8 heteroatoms. The number of carbonyl (C=O) groups is 2. The maximum atomic E-state index is 13.4. The third kappa shape index (κ3) is 4.06. The number of aromatic amines is 1. The molecule has 0 aliphatic heterocycles. The fourth-order valence-corrected chi connectivity index (χ4v) is 4.95. The SMILES string of the molecule is CC(C)N(C(=O)c1ccc(Cl)cc1Cl)c1cc(-c2ccc3[nH]ccc3c2)sc1C(=O)O. The zero-order valence-electron chi connectivity index (χ0n) is 16.6. The Hall–Kier alpha value is -2.80. The monoisotopic (exact) mass is 472 g/mol. The minimum absolute atomic E-state index is 0.0938. The Bertz CT molecular complexity index is 1310. The molecule has 0 aliphatic carbocycles. The molecule has 0 radical (unpaired) electrons. The van der Waals surface area contributed by atoms with Gasteiger partial charge in [0.05, 0.1) is 16.3 Å². The summed E-state index contributed by atoms with van der Waals surface area (Å²) in [6.07, 6.45) is 1.85. The summed E-state index contributed by atoms with van der Waals surface area (Å²) in [6, 6.07) is 13.9. The van der Waals surface area contributed by atoms with E-state index >= 15 is 0 Å². The first kappa shape index (κ1) is 21.4. The van der Waals surface area contributed by atoms with Gasteiger partial charge in [0.1, 0.15) is 4.88 Å². The molecule has 0 fully saturated rings. The van der Waals surface area contributed by atoms with Crippen molar-refractivity contribution in [3.63, 3.8) is 0 Å². The molecule has 0 bridgehead atoms. The number of hydrogen-bond acceptors (Lipinski definition) is 3. The summed E-state index contributed by atoms with van der Waals surface area (Å²) >= 11 is 13.4. The molecule has 2 aromatic heterocycles. The first-order valence-corrected chi connectivity index (χ1v) is 11.1. The Balaban J connectivity index is 1.83. The van der Waals surface area contributed by atoms with Crippen molar-refractivity contribution in [3.05, 3.63) is 75.2 Å². The van der Waals surface area contributed by atoms with Gasteiger partial charge in [-0.1, -0.05) is 29.3 Å². The van der Waals surface area contributed by atoms with Crippen molar-refractivity contribution < 1.29 is 14.7 Å². The number of anilines is 1. The van der Waals surface area contributed by atoms with Crippen LogP contribution in [0.25, 0.3) is 21.3 Å². The van der Waals surface area contributed by atoms with Crippen molar-refractivity contribution in [1.29, 1.82) is 0 Å². The molecule has 0 saturated heterocycles. The van der Waals surface area contributed by atoms with E-state index < -0.39 is 5.97 Å². The Kier molecular flexibility index (Phi) is 5.79. The van der Waals surface area contributed by atoms with Crippen LogP contribution in [-0.4, -0.2) is 28.0 Å². The summed E-state index contributed by atoms with van der Waals surface area (Å²) in [5, 5.41) is 11.5. The van der Waals surface area contributed by atoms with E-state index in [9.17, 15) is 14.7 Å². The lowest BCUT2D eigenvalue weighted by molar-refractivity contribution is 0.0703. The summed E-state index contributed by atoms with van der Waals surface area (Å²) in [6.45, 7) is 3.66. The molecule has 31 heavy (non-hydrogen) atoms. The number of H-pyrrole nitrogens is 1. The molecule has 0 unspecified atom stereocenters. The molecule has 4 rings (SSSR count). The van der Waals surface area contributed by atoms with Gasteiger partial charge >= 0.3 is 5.97 Å². The number of carbonyl (C=O) groups excluding carboxylic acids is 1. The van der Waals surface area contributed by atoms with E-state index in [0.717, 1.165) is 32.7 Å². The number of carboxylic acid groups (broad SMARTS) is 1. The number of nitrogens with zero attached hydrogens (tertiary/aromatic N) is 1. The summed E-state index contributed by atoms with van der Waals surface area (Å²) < 4.78 is 0. The van der Waals surface area contributed by atoms with E-state index in [-0.39, 0.29) is 27.4 Å². The van der Waals surface area contributed by atoms with Crippen molar-refractivity contribution in [2.75, 3.05) is 4.90 Å². The Morgan fingerprint density at radius 3 is 2.52 bits per heavy atom. The lowest BCUT2D eigenvalue weighted by Crippen LogP contribution is -2.37. The number of amides is 1. The van der Waals surface area contributed by atoms with Gasteiger partial charge in [-0.25, -0.2) is 4.79 Å². The zero-order chi connectivity index (χ0) is 22.3. The fourth-order valence-electron chi connectivity index (χ4n) is 3.48. The van der Waals surface area contributed by atoms with Crippen molar-refractivity contribution in [2.45, 2.75) is 19.9 Å². The molecule has 2 N–H and O–H groups in total. The predicted molar refractivity (Wildman–Crippen MR) is 127 cm³/mol. The van der Waals surface area contributed by atoms with Gasteiger partial charge in [-0.15, -0.1) is 11.3 Å². The molecule has 0 aliphatic rings. The topological polar surface area (TPSA) is 73.4 Å². The lowest BCUT2D eigenvalue weighted by atomic mass is 10.1. The molecule has 0 atom stereocenters. The van der Waals surface area contributed by atoms with Crippen molar-refractivity contribution >= 4 is 63.0 Å². The lowest BCUT2D eigenvalue weighted by Gasteiger charge is -2.27. The van der Waals surface area contributed by atoms with Crippen molar-refractivity contribution in [3.8, 4) is 10.4 Å². The highest BCUT2D eigenvalue weighted by molar-refractivity contribution is 7.18. The van der Waals surface area contributed by atoms with Gasteiger partial charge in [-0.05, 0) is 67.3 Å². The van der Waals surface area contributed by atoms with Gasteiger partial charge in [0.15, 0.2) is 0 Å². The summed E-state index contributed by atoms with van der Waals surface area (Å²) in [5.74, 6) is -1.47. The summed E-state index contributed by atoms with van der Waals surface area (Å²) in [7, 11) is 0. The van der Waals surface area contributed by atoms with E-state index in [1.54, 1.807) is 18.2 Å². The smallest absolute Gasteiger partial charge is 0.348 e. The number of rotatable bonds is 5. The first-order chi connectivity index (χ1) is 14.8. The highest BCUT2D eigenvalue weighted by Crippen LogP contribution is 2.39. The number of hydrogen-bond donors (Lipinski definition) is 2. The predicted octanol–water partition coefficient (Wildman–Crippen LogP) is 6.96. The van der Waals surface area contributed by atoms with Crippen LogP contribution < -0.4 is 4.90 Å². The van der Waals surface area contributed by atoms with E-state index in [1.807, 2.05) is 44.3 Å². The number of thiophene rings is 1. The maximum absolute atomic E-state index is 13.4. The second-order valence-electron chi connectivity index (χ2n) is 7.30. The molecule has 2 heterocycles. The number of halogens is 2. The number of aromatic carboxylic acids is 1. The number of aromatic nitrogens is 1. The van der Waals surface area contributed by atoms with Gasteiger partial charge in [-0.2, -0.15) is 0 Å². The van der Waals surface area contributed by atoms with Crippen LogP contribution in [0.3, 0.4) is 0 Å². The normalized spacial score (nSPS) is 11.3. The van der Waals surface area contributed by atoms with Crippen LogP contribution >= 0.6 is 34.5 Å². The zero-order valence-corrected chi connectivity index (χ0v) is 19.0. The second-order valence-corrected chi connectivity index (χ2v) is 9.20. The van der Waals surface area contributed by atoms with Crippen LogP contribution in [0.2, 0.25) is 10.0 Å². The standard InChI is InChI=1S/C23H18Cl2N2O3S/c1-12(2)27(22(28)16-5-4-15(24)10-17(16)25)19-11-20(31-21(19)23(29)30)14-3-6-18-13(9-14)7-8-26-18/h3-12,26H,1-2H3,(H,29,30). The van der Waals surface area contributed by atoms with Crippen LogP contribution in [0.4, 0.5) is 5.69 Å². The largest absolute Gasteiger partial charge is 0.477 e. The molecule has 0 saturated carbocycles. The van der Waals surface area contributed by atoms with E-state index in [0.29, 0.717) is 10.7 Å². The number of benzene rings is 2. The molecule has 1 amide bonds. The molecule has 0 spiro atoms. The Morgan fingerprint density at radius 2 is 1.84 bits per heavy atom. The minimum Gasteiger partial charge on any atom is -0.477 e. The third-order valence-corrected chi connectivity index (χ3v) is 6.61. The van der Waals surface area contributed by atoms with Crippen molar-refractivity contribution in [1.82, 2.24) is 4.98 Å². The molecular weight excluding hydrogens is 455 g/mol. The Labute approximate surface area is 192 Å². The van der Waals surface area contributed by atoms with Gasteiger partial charge in [-0.3, -0.25) is 4.79 Å². The van der Waals surface area contributed by atoms with Gasteiger partial charge in [0.2, 0.25) is 0 Å². The molecule has 5 nitrogen and oxygen atoms in total. The van der Waals surface area contributed by atoms with E-state index in [4.69, 9.17) is 23.2 Å². The molecule has 2 aromatic carbocycles. The fraction of sp³-hybridized carbons (Fsp3) is 0.130. The van der Waals surface area contributed by atoms with Crippen molar-refractivity contribution in [2.24, 2.45) is 0 Å². The highest BCUT2D eigenvalue weighted by Gasteiger charge is 2.29. The summed E-state index contributed by atoms with van der Waals surface area (Å²) in [4.78, 5) is 30.9. The number of nitrogens with one attached hydrogen (secondary N) is 1. The Morgan fingerprint density at radius 1 is 1.06 bits per heavy atom. The summed E-state index contributed by atoms with van der Waals surface area (Å²) in [5.41, 5.74) is 2.48. The van der Waals surface area contributed by atoms with Gasteiger partial charge in [0.25, 0.3) is 5.91 Å². The average Bonchev–Trinajstić information content (AvgIpc) is 3.34. The molecule has 158 valence electrons. The quantitative estimate of drug-likeness (QED) is 0.329. The average molecular weight is 473 g/mol. The first-order valence-electron chi connectivity index (χ1n) is 9.49. The highest BCUT2D eigenvalue weighted by atomic mass is 35.5. The third-order valence-electron chi connectivity index (χ3n) is 4.90. The van der Waals surface area contributed by atoms with Crippen LogP contribution in [0.1, 0.15) is 33.9 Å². The van der Waals surface area contributed by atoms with E-state index in [2.05, 4.69) is 4.98 Å². The van der Waals surface area contributed by atoms with Crippen LogP contribution in [0.5, 0.6) is 0 Å². The van der Waals surface area contributed by atoms with Crippen LogP contribution in [-0.2, 0) is 0 Å². The second kappa shape index (κ2) is 8.38. The molecule has 4 aromatic rings. The number of carboxylic acids is 1. The van der Waals surface area contributed by atoms with Gasteiger partial charge < -0.3 is 15.0 Å². The minimum atomic E-state index is -1.09. The van der Waals surface area contributed by atoms with Crippen LogP contribution in [0.15, 0.2) is 54.7 Å². The van der Waals surface area contributed by atoms with Crippen LogP contribution in [0, 0.1) is 0 Å². The number of fused-ring (bicyclic) bond motifs is 1. The van der Waals surface area contributed by atoms with E-state index in [1.165, 1.54) is 11.0 Å².